The van der Waals surface area contributed by atoms with Gasteiger partial charge in [0.15, 0.2) is 0 Å². The zero-order valence-corrected chi connectivity index (χ0v) is 11.8. The van der Waals surface area contributed by atoms with Gasteiger partial charge in [0.2, 0.25) is 0 Å². The summed E-state index contributed by atoms with van der Waals surface area (Å²) in [5.74, 6) is -0.0468. The number of hydrogen-bond acceptors (Lipinski definition) is 2. The molecular formula is C13H18BrNO2. The minimum absolute atomic E-state index is 0.0608. The molecule has 4 heteroatoms. The standard InChI is InChI=1S/C13H18BrNO2/c1-3-7-15(8-6-14)13(17)11-5-4-10(2)9-12(11)16/h4-5,9,16H,3,6-8H2,1-2H3. The number of benzene rings is 1. The summed E-state index contributed by atoms with van der Waals surface area (Å²) in [6.07, 6.45) is 0.908. The van der Waals surface area contributed by atoms with Crippen LogP contribution in [0.1, 0.15) is 29.3 Å². The first-order chi connectivity index (χ1) is 8.10. The topological polar surface area (TPSA) is 40.5 Å². The lowest BCUT2D eigenvalue weighted by molar-refractivity contribution is 0.0763. The van der Waals surface area contributed by atoms with Crippen molar-refractivity contribution < 1.29 is 9.90 Å². The molecule has 0 saturated carbocycles. The number of phenolic OH excluding ortho intramolecular Hbond substituents is 1. The van der Waals surface area contributed by atoms with E-state index in [9.17, 15) is 9.90 Å². The summed E-state index contributed by atoms with van der Waals surface area (Å²) < 4.78 is 0. The highest BCUT2D eigenvalue weighted by atomic mass is 79.9. The maximum absolute atomic E-state index is 12.2. The molecule has 1 amide bonds. The Morgan fingerprint density at radius 1 is 1.41 bits per heavy atom. The summed E-state index contributed by atoms with van der Waals surface area (Å²) >= 11 is 3.33. The molecule has 0 heterocycles. The predicted molar refractivity (Wildman–Crippen MR) is 72.8 cm³/mol. The van der Waals surface area contributed by atoms with Crippen LogP contribution in [-0.4, -0.2) is 34.3 Å². The van der Waals surface area contributed by atoms with Gasteiger partial charge >= 0.3 is 0 Å². The normalized spacial score (nSPS) is 10.3. The molecule has 0 radical (unpaired) electrons. The molecule has 0 aromatic heterocycles. The first-order valence-electron chi connectivity index (χ1n) is 5.75. The van der Waals surface area contributed by atoms with Gasteiger partial charge in [0.25, 0.3) is 5.91 Å². The fourth-order valence-corrected chi connectivity index (χ4v) is 2.11. The van der Waals surface area contributed by atoms with Crippen LogP contribution in [0, 0.1) is 6.92 Å². The fourth-order valence-electron chi connectivity index (χ4n) is 1.68. The van der Waals surface area contributed by atoms with Crippen molar-refractivity contribution in [2.45, 2.75) is 20.3 Å². The van der Waals surface area contributed by atoms with E-state index in [-0.39, 0.29) is 11.7 Å². The molecule has 17 heavy (non-hydrogen) atoms. The molecule has 0 aliphatic rings. The van der Waals surface area contributed by atoms with Gasteiger partial charge in [-0.15, -0.1) is 0 Å². The number of hydrogen-bond donors (Lipinski definition) is 1. The summed E-state index contributed by atoms with van der Waals surface area (Å²) in [6, 6.07) is 5.14. The lowest BCUT2D eigenvalue weighted by Gasteiger charge is -2.21. The maximum atomic E-state index is 12.2. The van der Waals surface area contributed by atoms with Gasteiger partial charge in [0.1, 0.15) is 5.75 Å². The first kappa shape index (κ1) is 14.0. The SMILES string of the molecule is CCCN(CCBr)C(=O)c1ccc(C)cc1O. The number of amides is 1. The number of alkyl halides is 1. The van der Waals surface area contributed by atoms with Crippen molar-refractivity contribution in [3.8, 4) is 5.75 Å². The summed E-state index contributed by atoms with van der Waals surface area (Å²) in [5.41, 5.74) is 1.33. The molecule has 1 rings (SSSR count). The van der Waals surface area contributed by atoms with E-state index in [0.717, 1.165) is 17.3 Å². The van der Waals surface area contributed by atoms with E-state index in [1.54, 1.807) is 17.0 Å². The van der Waals surface area contributed by atoms with Crippen LogP contribution in [0.3, 0.4) is 0 Å². The molecule has 3 nitrogen and oxygen atoms in total. The van der Waals surface area contributed by atoms with Gasteiger partial charge < -0.3 is 10.0 Å². The molecule has 1 aromatic carbocycles. The van der Waals surface area contributed by atoms with Gasteiger partial charge in [-0.3, -0.25) is 4.79 Å². The third-order valence-electron chi connectivity index (χ3n) is 2.52. The van der Waals surface area contributed by atoms with E-state index in [2.05, 4.69) is 15.9 Å². The third-order valence-corrected chi connectivity index (χ3v) is 2.87. The number of aromatic hydroxyl groups is 1. The molecule has 0 aliphatic carbocycles. The Morgan fingerprint density at radius 3 is 2.65 bits per heavy atom. The van der Waals surface area contributed by atoms with Gasteiger partial charge in [-0.1, -0.05) is 28.9 Å². The number of aryl methyl sites for hydroxylation is 1. The van der Waals surface area contributed by atoms with Gasteiger partial charge in [-0.25, -0.2) is 0 Å². The Labute approximate surface area is 111 Å². The summed E-state index contributed by atoms with van der Waals surface area (Å²) in [7, 11) is 0. The third kappa shape index (κ3) is 3.73. The molecule has 0 bridgehead atoms. The van der Waals surface area contributed by atoms with Crippen LogP contribution in [0.5, 0.6) is 5.75 Å². The first-order valence-corrected chi connectivity index (χ1v) is 6.87. The van der Waals surface area contributed by atoms with Crippen molar-refractivity contribution in [3.63, 3.8) is 0 Å². The molecule has 0 saturated heterocycles. The van der Waals surface area contributed by atoms with Gasteiger partial charge in [0, 0.05) is 18.4 Å². The minimum atomic E-state index is -0.108. The van der Waals surface area contributed by atoms with E-state index in [4.69, 9.17) is 0 Å². The fraction of sp³-hybridized carbons (Fsp3) is 0.462. The van der Waals surface area contributed by atoms with E-state index >= 15 is 0 Å². The molecule has 0 fully saturated rings. The smallest absolute Gasteiger partial charge is 0.257 e. The lowest BCUT2D eigenvalue weighted by atomic mass is 10.1. The molecule has 0 aliphatic heterocycles. The number of nitrogens with zero attached hydrogens (tertiary/aromatic N) is 1. The zero-order chi connectivity index (χ0) is 12.8. The van der Waals surface area contributed by atoms with E-state index < -0.39 is 0 Å². The van der Waals surface area contributed by atoms with E-state index in [1.807, 2.05) is 19.9 Å². The average molecular weight is 300 g/mol. The Morgan fingerprint density at radius 2 is 2.12 bits per heavy atom. The highest BCUT2D eigenvalue weighted by Crippen LogP contribution is 2.20. The number of carbonyl (C=O) groups excluding carboxylic acids is 1. The minimum Gasteiger partial charge on any atom is -0.507 e. The van der Waals surface area contributed by atoms with Crippen molar-refractivity contribution in [1.82, 2.24) is 4.90 Å². The van der Waals surface area contributed by atoms with Crippen LogP contribution in [0.15, 0.2) is 18.2 Å². The summed E-state index contributed by atoms with van der Waals surface area (Å²) in [5, 5.41) is 10.5. The van der Waals surface area contributed by atoms with Crippen molar-refractivity contribution >= 4 is 21.8 Å². The molecular weight excluding hydrogens is 282 g/mol. The van der Waals surface area contributed by atoms with Crippen molar-refractivity contribution in [1.29, 1.82) is 0 Å². The van der Waals surface area contributed by atoms with Crippen LogP contribution in [0.2, 0.25) is 0 Å². The highest BCUT2D eigenvalue weighted by Gasteiger charge is 2.17. The summed E-state index contributed by atoms with van der Waals surface area (Å²) in [6.45, 7) is 5.28. The van der Waals surface area contributed by atoms with Gasteiger partial charge in [-0.05, 0) is 31.0 Å². The molecule has 94 valence electrons. The monoisotopic (exact) mass is 299 g/mol. The van der Waals surface area contributed by atoms with Crippen LogP contribution >= 0.6 is 15.9 Å². The highest BCUT2D eigenvalue weighted by molar-refractivity contribution is 9.09. The second-order valence-corrected chi connectivity index (χ2v) is 4.79. The molecule has 1 aromatic rings. The molecule has 1 N–H and O–H groups in total. The molecule has 0 unspecified atom stereocenters. The molecule has 0 atom stereocenters. The zero-order valence-electron chi connectivity index (χ0n) is 10.2. The predicted octanol–water partition coefficient (Wildman–Crippen LogP) is 2.95. The van der Waals surface area contributed by atoms with Crippen LogP contribution in [0.25, 0.3) is 0 Å². The summed E-state index contributed by atoms with van der Waals surface area (Å²) in [4.78, 5) is 14.0. The largest absolute Gasteiger partial charge is 0.507 e. The quantitative estimate of drug-likeness (QED) is 0.849. The number of phenols is 1. The van der Waals surface area contributed by atoms with E-state index in [1.165, 1.54) is 0 Å². The second-order valence-electron chi connectivity index (χ2n) is 4.00. The Hall–Kier alpha value is -1.03. The van der Waals surface area contributed by atoms with Crippen LogP contribution in [-0.2, 0) is 0 Å². The number of rotatable bonds is 5. The number of halogens is 1. The number of carbonyl (C=O) groups is 1. The molecule has 0 spiro atoms. The van der Waals surface area contributed by atoms with Crippen LogP contribution < -0.4 is 0 Å². The Kier molecular flexibility index (Phi) is 5.48. The van der Waals surface area contributed by atoms with Crippen LogP contribution in [0.4, 0.5) is 0 Å². The Balaban J connectivity index is 2.92. The van der Waals surface area contributed by atoms with Gasteiger partial charge in [0.05, 0.1) is 5.56 Å². The van der Waals surface area contributed by atoms with Crippen molar-refractivity contribution in [2.75, 3.05) is 18.4 Å². The second kappa shape index (κ2) is 6.64. The Bertz CT molecular complexity index is 387. The lowest BCUT2D eigenvalue weighted by Crippen LogP contribution is -2.33. The van der Waals surface area contributed by atoms with E-state index in [0.29, 0.717) is 18.7 Å². The maximum Gasteiger partial charge on any atom is 0.257 e. The average Bonchev–Trinajstić information content (AvgIpc) is 2.28. The van der Waals surface area contributed by atoms with Gasteiger partial charge in [-0.2, -0.15) is 0 Å². The van der Waals surface area contributed by atoms with Crippen molar-refractivity contribution in [2.24, 2.45) is 0 Å². The van der Waals surface area contributed by atoms with Crippen molar-refractivity contribution in [3.05, 3.63) is 29.3 Å².